The van der Waals surface area contributed by atoms with Crippen LogP contribution in [-0.4, -0.2) is 8.42 Å². The van der Waals surface area contributed by atoms with E-state index in [1.54, 1.807) is 0 Å². The summed E-state index contributed by atoms with van der Waals surface area (Å²) < 4.78 is 70.1. The van der Waals surface area contributed by atoms with Crippen LogP contribution in [0.25, 0.3) is 0 Å². The van der Waals surface area contributed by atoms with Crippen LogP contribution in [-0.2, 0) is 16.6 Å². The molecule has 2 rings (SSSR count). The van der Waals surface area contributed by atoms with Crippen molar-refractivity contribution in [1.29, 1.82) is 0 Å². The molecule has 0 atom stereocenters. The van der Waals surface area contributed by atoms with Gasteiger partial charge in [-0.2, -0.15) is 0 Å². The van der Waals surface area contributed by atoms with Gasteiger partial charge in [-0.15, -0.1) is 0 Å². The third-order valence-corrected chi connectivity index (χ3v) is 4.67. The number of nitrogens with one attached hydrogen (secondary N) is 1. The normalized spacial score (nSPS) is 11.7. The third kappa shape index (κ3) is 3.22. The number of benzene rings is 1. The predicted octanol–water partition coefficient (Wildman–Crippen LogP) is 2.72. The first-order chi connectivity index (χ1) is 9.74. The van der Waals surface area contributed by atoms with Crippen LogP contribution in [0.1, 0.15) is 5.76 Å². The summed E-state index contributed by atoms with van der Waals surface area (Å²) in [7, 11) is -4.26. The molecule has 0 fully saturated rings. The number of anilines is 1. The average Bonchev–Trinajstić information content (AvgIpc) is 2.78. The Morgan fingerprint density at radius 1 is 1.14 bits per heavy atom. The van der Waals surface area contributed by atoms with Gasteiger partial charge in [-0.05, 0) is 15.9 Å². The zero-order chi connectivity index (χ0) is 15.8. The molecule has 0 radical (unpaired) electrons. The second-order valence-corrected chi connectivity index (χ2v) is 6.28. The van der Waals surface area contributed by atoms with Gasteiger partial charge in [0.05, 0.1) is 12.2 Å². The van der Waals surface area contributed by atoms with Gasteiger partial charge in [-0.25, -0.2) is 21.6 Å². The number of hydrogen-bond acceptors (Lipinski definition) is 4. The van der Waals surface area contributed by atoms with Crippen molar-refractivity contribution in [1.82, 2.24) is 0 Å². The van der Waals surface area contributed by atoms with Crippen molar-refractivity contribution in [2.75, 3.05) is 4.72 Å². The molecule has 0 amide bonds. The maximum absolute atomic E-state index is 13.5. The summed E-state index contributed by atoms with van der Waals surface area (Å²) in [4.78, 5) is -0.341. The van der Waals surface area contributed by atoms with Gasteiger partial charge in [-0.1, -0.05) is 0 Å². The summed E-state index contributed by atoms with van der Waals surface area (Å²) >= 11 is 2.88. The van der Waals surface area contributed by atoms with Gasteiger partial charge in [0.25, 0.3) is 10.0 Å². The largest absolute Gasteiger partial charge is 0.452 e. The Labute approximate surface area is 126 Å². The molecule has 0 unspecified atom stereocenters. The molecule has 2 aromatic rings. The van der Waals surface area contributed by atoms with E-state index in [-0.39, 0.29) is 27.9 Å². The summed E-state index contributed by atoms with van der Waals surface area (Å²) in [5.74, 6) is -3.89. The highest BCUT2D eigenvalue weighted by Gasteiger charge is 2.24. The molecule has 3 N–H and O–H groups in total. The molecule has 0 aliphatic rings. The maximum atomic E-state index is 13.5. The predicted molar refractivity (Wildman–Crippen MR) is 71.4 cm³/mol. The second-order valence-electron chi connectivity index (χ2n) is 3.91. The van der Waals surface area contributed by atoms with Gasteiger partial charge in [0, 0.05) is 18.2 Å². The van der Waals surface area contributed by atoms with Gasteiger partial charge < -0.3 is 10.2 Å². The summed E-state index contributed by atoms with van der Waals surface area (Å²) in [6.07, 6.45) is 0. The number of halogens is 4. The molecule has 10 heteroatoms. The second kappa shape index (κ2) is 5.70. The molecule has 5 nitrogen and oxygen atoms in total. The molecule has 0 aliphatic carbocycles. The Hall–Kier alpha value is -1.52. The Morgan fingerprint density at radius 2 is 1.76 bits per heavy atom. The van der Waals surface area contributed by atoms with Gasteiger partial charge >= 0.3 is 0 Å². The van der Waals surface area contributed by atoms with Crippen LogP contribution in [0.15, 0.2) is 32.2 Å². The summed E-state index contributed by atoms with van der Waals surface area (Å²) in [5.41, 5.74) is 4.58. The lowest BCUT2D eigenvalue weighted by Gasteiger charge is -2.08. The smallest absolute Gasteiger partial charge is 0.266 e. The lowest BCUT2D eigenvalue weighted by atomic mass is 10.3. The highest BCUT2D eigenvalue weighted by Crippen LogP contribution is 2.29. The number of nitrogens with two attached hydrogens (primary N) is 1. The topological polar surface area (TPSA) is 85.3 Å². The Bertz CT molecular complexity index is 792. The minimum atomic E-state index is -4.26. The lowest BCUT2D eigenvalue weighted by Crippen LogP contribution is -2.14. The van der Waals surface area contributed by atoms with Crippen molar-refractivity contribution in [3.8, 4) is 0 Å². The van der Waals surface area contributed by atoms with Crippen molar-refractivity contribution in [2.45, 2.75) is 11.4 Å². The van der Waals surface area contributed by atoms with Crippen molar-refractivity contribution in [3.05, 3.63) is 46.1 Å². The van der Waals surface area contributed by atoms with Crippen LogP contribution in [0, 0.1) is 17.5 Å². The number of rotatable bonds is 4. The van der Waals surface area contributed by atoms with E-state index < -0.39 is 33.2 Å². The van der Waals surface area contributed by atoms with Crippen molar-refractivity contribution >= 4 is 31.6 Å². The van der Waals surface area contributed by atoms with Crippen LogP contribution in [0.2, 0.25) is 0 Å². The van der Waals surface area contributed by atoms with Crippen molar-refractivity contribution in [2.24, 2.45) is 5.73 Å². The maximum Gasteiger partial charge on any atom is 0.266 e. The van der Waals surface area contributed by atoms with Gasteiger partial charge in [0.1, 0.15) is 16.5 Å². The molecule has 0 bridgehead atoms. The molecule has 0 spiro atoms. The van der Waals surface area contributed by atoms with E-state index in [2.05, 4.69) is 15.9 Å². The first kappa shape index (κ1) is 15.9. The van der Waals surface area contributed by atoms with Gasteiger partial charge in [0.2, 0.25) is 0 Å². The fraction of sp³-hybridized carbons (Fsp3) is 0.0909. The van der Waals surface area contributed by atoms with Gasteiger partial charge in [0.15, 0.2) is 16.3 Å². The molecule has 0 saturated heterocycles. The lowest BCUT2D eigenvalue weighted by molar-refractivity contribution is 0.484. The van der Waals surface area contributed by atoms with Crippen LogP contribution < -0.4 is 10.5 Å². The van der Waals surface area contributed by atoms with Crippen LogP contribution >= 0.6 is 15.9 Å². The first-order valence-corrected chi connectivity index (χ1v) is 7.68. The SMILES string of the molecule is NCc1cc(S(=O)(=O)Nc2cc(F)c(F)cc2F)c(Br)o1. The zero-order valence-corrected chi connectivity index (χ0v) is 12.6. The quantitative estimate of drug-likeness (QED) is 0.793. The van der Waals surface area contributed by atoms with E-state index in [0.717, 1.165) is 6.07 Å². The van der Waals surface area contributed by atoms with E-state index in [4.69, 9.17) is 10.2 Å². The Morgan fingerprint density at radius 3 is 2.33 bits per heavy atom. The number of furan rings is 1. The number of hydrogen-bond donors (Lipinski definition) is 2. The van der Waals surface area contributed by atoms with Gasteiger partial charge in [-0.3, -0.25) is 4.72 Å². The number of sulfonamides is 1. The molecule has 114 valence electrons. The Balaban J connectivity index is 2.42. The minimum absolute atomic E-state index is 0.0480. The highest BCUT2D eigenvalue weighted by atomic mass is 79.9. The highest BCUT2D eigenvalue weighted by molar-refractivity contribution is 9.10. The fourth-order valence-corrected chi connectivity index (χ4v) is 3.54. The molecule has 1 aromatic carbocycles. The van der Waals surface area contributed by atoms with Crippen molar-refractivity contribution in [3.63, 3.8) is 0 Å². The monoisotopic (exact) mass is 384 g/mol. The fourth-order valence-electron chi connectivity index (χ4n) is 1.48. The molecule has 0 saturated carbocycles. The van der Waals surface area contributed by atoms with E-state index in [1.165, 1.54) is 0 Å². The van der Waals surface area contributed by atoms with E-state index in [1.807, 2.05) is 4.72 Å². The van der Waals surface area contributed by atoms with Crippen LogP contribution in [0.3, 0.4) is 0 Å². The standard InChI is InChI=1S/C11H8BrF3N2O3S/c12-11-10(1-5(4-16)20-11)21(18,19)17-9-3-7(14)6(13)2-8(9)15/h1-3,17H,4,16H2. The molecule has 0 aliphatic heterocycles. The van der Waals surface area contributed by atoms with Crippen molar-refractivity contribution < 1.29 is 26.0 Å². The molecule has 1 heterocycles. The summed E-state index contributed by atoms with van der Waals surface area (Å²) in [6.45, 7) is -0.0480. The van der Waals surface area contributed by atoms with Crippen LogP contribution in [0.5, 0.6) is 0 Å². The molecule has 1 aromatic heterocycles. The van der Waals surface area contributed by atoms with E-state index in [0.29, 0.717) is 6.07 Å². The van der Waals surface area contributed by atoms with Crippen LogP contribution in [0.4, 0.5) is 18.9 Å². The molecular weight excluding hydrogens is 377 g/mol. The first-order valence-electron chi connectivity index (χ1n) is 5.40. The minimum Gasteiger partial charge on any atom is -0.452 e. The summed E-state index contributed by atoms with van der Waals surface area (Å²) in [5, 5.41) is 0. The Kier molecular flexibility index (Phi) is 4.30. The third-order valence-electron chi connectivity index (χ3n) is 2.45. The molecular formula is C11H8BrF3N2O3S. The zero-order valence-electron chi connectivity index (χ0n) is 10.2. The molecule has 21 heavy (non-hydrogen) atoms. The van der Waals surface area contributed by atoms with E-state index in [9.17, 15) is 21.6 Å². The average molecular weight is 385 g/mol. The summed E-state index contributed by atoms with van der Waals surface area (Å²) in [6, 6.07) is 1.77. The van der Waals surface area contributed by atoms with E-state index >= 15 is 0 Å².